The van der Waals surface area contributed by atoms with Crippen LogP contribution < -0.4 is 0 Å². The molecule has 1 fully saturated rings. The first kappa shape index (κ1) is 16.0. The lowest BCUT2D eigenvalue weighted by atomic mass is 10.1. The van der Waals surface area contributed by atoms with E-state index in [9.17, 15) is 0 Å². The van der Waals surface area contributed by atoms with Crippen LogP contribution in [-0.2, 0) is 6.54 Å². The molecule has 1 aromatic carbocycles. The lowest BCUT2D eigenvalue weighted by Crippen LogP contribution is -2.48. The van der Waals surface area contributed by atoms with E-state index in [2.05, 4.69) is 75.2 Å². The second kappa shape index (κ2) is 6.07. The molecule has 130 valence electrons. The van der Waals surface area contributed by atoms with Crippen LogP contribution in [-0.4, -0.2) is 48.0 Å². The molecule has 0 bridgehead atoms. The Hall–Kier alpha value is -2.54. The Morgan fingerprint density at radius 3 is 2.44 bits per heavy atom. The number of para-hydroxylation sites is 1. The molecule has 0 spiro atoms. The third-order valence-electron chi connectivity index (χ3n) is 4.88. The van der Waals surface area contributed by atoms with Crippen LogP contribution in [0.5, 0.6) is 0 Å². The van der Waals surface area contributed by atoms with Crippen LogP contribution in [0, 0.1) is 27.7 Å². The fourth-order valence-corrected chi connectivity index (χ4v) is 3.66. The van der Waals surface area contributed by atoms with Crippen LogP contribution in [0.3, 0.4) is 0 Å². The van der Waals surface area contributed by atoms with Crippen LogP contribution in [0.1, 0.15) is 34.4 Å². The van der Waals surface area contributed by atoms with E-state index in [1.54, 1.807) is 0 Å². The van der Waals surface area contributed by atoms with Crippen LogP contribution >= 0.6 is 0 Å². The van der Waals surface area contributed by atoms with E-state index in [-0.39, 0.29) is 0 Å². The summed E-state index contributed by atoms with van der Waals surface area (Å²) in [6.07, 6.45) is 0. The lowest BCUT2D eigenvalue weighted by molar-refractivity contribution is 0.0858. The summed E-state index contributed by atoms with van der Waals surface area (Å²) in [7, 11) is 0. The van der Waals surface area contributed by atoms with Crippen LogP contribution in [0.25, 0.3) is 5.69 Å². The van der Waals surface area contributed by atoms with Gasteiger partial charge in [0.05, 0.1) is 24.0 Å². The van der Waals surface area contributed by atoms with Crippen molar-refractivity contribution in [1.29, 1.82) is 0 Å². The number of tetrazole rings is 1. The predicted octanol–water partition coefficient (Wildman–Crippen LogP) is 2.15. The molecule has 0 aliphatic carbocycles. The number of aryl methyl sites for hydroxylation is 4. The molecule has 3 heterocycles. The first-order chi connectivity index (χ1) is 12.0. The molecule has 7 nitrogen and oxygen atoms in total. The Kier molecular flexibility index (Phi) is 3.88. The summed E-state index contributed by atoms with van der Waals surface area (Å²) < 4.78 is 4.02. The molecule has 25 heavy (non-hydrogen) atoms. The number of hydrogen-bond acceptors (Lipinski definition) is 5. The summed E-state index contributed by atoms with van der Waals surface area (Å²) in [5.41, 5.74) is 5.74. The Bertz CT molecular complexity index is 882. The largest absolute Gasteiger partial charge is 0.291 e. The Morgan fingerprint density at radius 2 is 1.80 bits per heavy atom. The van der Waals surface area contributed by atoms with E-state index >= 15 is 0 Å². The van der Waals surface area contributed by atoms with Gasteiger partial charge in [-0.05, 0) is 55.3 Å². The summed E-state index contributed by atoms with van der Waals surface area (Å²) >= 11 is 0. The molecule has 4 rings (SSSR count). The van der Waals surface area contributed by atoms with Gasteiger partial charge >= 0.3 is 0 Å². The first-order valence-corrected chi connectivity index (χ1v) is 8.62. The SMILES string of the molecule is Cc1cc(C)n(C2CN(Cc3nnnn3-c3c(C)cccc3C)C2)n1. The molecular weight excluding hydrogens is 314 g/mol. The lowest BCUT2D eigenvalue weighted by Gasteiger charge is -2.39. The van der Waals surface area contributed by atoms with Crippen molar-refractivity contribution < 1.29 is 0 Å². The van der Waals surface area contributed by atoms with Crippen molar-refractivity contribution >= 4 is 0 Å². The van der Waals surface area contributed by atoms with Gasteiger partial charge < -0.3 is 0 Å². The average molecular weight is 337 g/mol. The zero-order valence-corrected chi connectivity index (χ0v) is 15.1. The number of benzene rings is 1. The monoisotopic (exact) mass is 337 g/mol. The average Bonchev–Trinajstić information content (AvgIpc) is 3.09. The first-order valence-electron chi connectivity index (χ1n) is 8.62. The van der Waals surface area contributed by atoms with Crippen molar-refractivity contribution in [3.8, 4) is 5.69 Å². The van der Waals surface area contributed by atoms with E-state index < -0.39 is 0 Å². The van der Waals surface area contributed by atoms with Crippen LogP contribution in [0.15, 0.2) is 24.3 Å². The molecule has 2 aromatic heterocycles. The summed E-state index contributed by atoms with van der Waals surface area (Å²) in [5.74, 6) is 0.879. The molecule has 0 amide bonds. The molecule has 1 aliphatic rings. The summed E-state index contributed by atoms with van der Waals surface area (Å²) in [6, 6.07) is 8.82. The summed E-state index contributed by atoms with van der Waals surface area (Å²) in [4.78, 5) is 2.36. The molecule has 7 heteroatoms. The molecular formula is C18H23N7. The fourth-order valence-electron chi connectivity index (χ4n) is 3.66. The molecule has 0 unspecified atom stereocenters. The maximum Gasteiger partial charge on any atom is 0.170 e. The van der Waals surface area contributed by atoms with Gasteiger partial charge in [0.15, 0.2) is 5.82 Å². The third kappa shape index (κ3) is 2.84. The van der Waals surface area contributed by atoms with E-state index in [0.29, 0.717) is 6.04 Å². The zero-order chi connectivity index (χ0) is 17.6. The van der Waals surface area contributed by atoms with Gasteiger partial charge in [0.2, 0.25) is 0 Å². The number of nitrogens with zero attached hydrogens (tertiary/aromatic N) is 7. The van der Waals surface area contributed by atoms with Crippen molar-refractivity contribution in [2.24, 2.45) is 0 Å². The Labute approximate surface area is 147 Å². The second-order valence-corrected chi connectivity index (χ2v) is 6.97. The zero-order valence-electron chi connectivity index (χ0n) is 15.1. The quantitative estimate of drug-likeness (QED) is 0.730. The van der Waals surface area contributed by atoms with Gasteiger partial charge in [0.1, 0.15) is 0 Å². The van der Waals surface area contributed by atoms with Crippen molar-refractivity contribution in [1.82, 2.24) is 34.9 Å². The number of aromatic nitrogens is 6. The van der Waals surface area contributed by atoms with Crippen LogP contribution in [0.4, 0.5) is 0 Å². The third-order valence-corrected chi connectivity index (χ3v) is 4.88. The molecule has 1 saturated heterocycles. The van der Waals surface area contributed by atoms with Gasteiger partial charge in [0.25, 0.3) is 0 Å². The van der Waals surface area contributed by atoms with E-state index in [1.807, 2.05) is 11.6 Å². The van der Waals surface area contributed by atoms with Crippen molar-refractivity contribution in [2.75, 3.05) is 13.1 Å². The molecule has 1 aliphatic heterocycles. The van der Waals surface area contributed by atoms with E-state index in [4.69, 9.17) is 0 Å². The summed E-state index contributed by atoms with van der Waals surface area (Å²) in [5, 5.41) is 17.0. The van der Waals surface area contributed by atoms with E-state index in [1.165, 1.54) is 16.8 Å². The molecule has 3 aromatic rings. The number of rotatable bonds is 4. The van der Waals surface area contributed by atoms with Gasteiger partial charge in [-0.3, -0.25) is 9.58 Å². The number of hydrogen-bond donors (Lipinski definition) is 0. The highest BCUT2D eigenvalue weighted by molar-refractivity contribution is 5.46. The van der Waals surface area contributed by atoms with Crippen molar-refractivity contribution in [2.45, 2.75) is 40.3 Å². The smallest absolute Gasteiger partial charge is 0.170 e. The van der Waals surface area contributed by atoms with Gasteiger partial charge in [-0.15, -0.1) is 5.10 Å². The van der Waals surface area contributed by atoms with Crippen LogP contribution in [0.2, 0.25) is 0 Å². The fraction of sp³-hybridized carbons (Fsp3) is 0.444. The highest BCUT2D eigenvalue weighted by atomic mass is 15.6. The standard InChI is InChI=1S/C18H23N7/c1-12-6-5-7-13(2)18(12)25-17(19-21-22-25)11-23-9-16(10-23)24-15(4)8-14(3)20-24/h5-8,16H,9-11H2,1-4H3. The van der Waals surface area contributed by atoms with Crippen molar-refractivity contribution in [3.05, 3.63) is 52.6 Å². The minimum atomic E-state index is 0.443. The maximum absolute atomic E-state index is 4.60. The minimum Gasteiger partial charge on any atom is -0.291 e. The van der Waals surface area contributed by atoms with Crippen molar-refractivity contribution in [3.63, 3.8) is 0 Å². The molecule has 0 radical (unpaired) electrons. The van der Waals surface area contributed by atoms with Gasteiger partial charge in [-0.1, -0.05) is 18.2 Å². The Morgan fingerprint density at radius 1 is 1.08 bits per heavy atom. The summed E-state index contributed by atoms with van der Waals surface area (Å²) in [6.45, 7) is 11.0. The maximum atomic E-state index is 4.60. The normalized spacial score (nSPS) is 15.5. The molecule has 0 N–H and O–H groups in total. The van der Waals surface area contributed by atoms with E-state index in [0.717, 1.165) is 36.8 Å². The van der Waals surface area contributed by atoms with Gasteiger partial charge in [-0.25, -0.2) is 0 Å². The second-order valence-electron chi connectivity index (χ2n) is 6.97. The number of likely N-dealkylation sites (tertiary alicyclic amines) is 1. The highest BCUT2D eigenvalue weighted by Gasteiger charge is 2.31. The van der Waals surface area contributed by atoms with Gasteiger partial charge in [-0.2, -0.15) is 9.78 Å². The topological polar surface area (TPSA) is 64.7 Å². The Balaban J connectivity index is 1.49. The molecule has 0 saturated carbocycles. The van der Waals surface area contributed by atoms with Gasteiger partial charge in [0, 0.05) is 18.8 Å². The molecule has 0 atom stereocenters. The highest BCUT2D eigenvalue weighted by Crippen LogP contribution is 2.25. The predicted molar refractivity (Wildman–Crippen MR) is 94.6 cm³/mol. The minimum absolute atomic E-state index is 0.443.